The van der Waals surface area contributed by atoms with Crippen LogP contribution in [0.3, 0.4) is 0 Å². The highest BCUT2D eigenvalue weighted by Gasteiger charge is 2.42. The average Bonchev–Trinajstić information content (AvgIpc) is 2.37. The molecule has 20 heavy (non-hydrogen) atoms. The van der Waals surface area contributed by atoms with Gasteiger partial charge in [0.05, 0.1) is 16.0 Å². The molecule has 8 nitrogen and oxygen atoms in total. The van der Waals surface area contributed by atoms with E-state index in [1.807, 2.05) is 6.92 Å². The van der Waals surface area contributed by atoms with Gasteiger partial charge in [-0.15, -0.1) is 0 Å². The molecule has 2 rings (SSSR count). The molecule has 0 aromatic carbocycles. The Kier molecular flexibility index (Phi) is 3.84. The number of piperidine rings is 1. The van der Waals surface area contributed by atoms with Gasteiger partial charge < -0.3 is 15.7 Å². The second-order valence-corrected chi connectivity index (χ2v) is 5.10. The van der Waals surface area contributed by atoms with Gasteiger partial charge >= 0.3 is 6.09 Å². The van der Waals surface area contributed by atoms with Crippen molar-refractivity contribution in [2.75, 3.05) is 13.1 Å². The van der Waals surface area contributed by atoms with E-state index in [0.717, 1.165) is 12.7 Å². The zero-order valence-corrected chi connectivity index (χ0v) is 11.0. The highest BCUT2D eigenvalue weighted by molar-refractivity contribution is 5.67. The van der Waals surface area contributed by atoms with Gasteiger partial charge in [0, 0.05) is 12.7 Å². The molecule has 108 valence electrons. The SMILES string of the molecule is C[C@H]1CNC[C@@](NC(=O)O)(c2ccncc2[N+](=O)[O-])C1. The van der Waals surface area contributed by atoms with Crippen molar-refractivity contribution in [2.45, 2.75) is 18.9 Å². The number of nitro groups is 1. The molecule has 0 radical (unpaired) electrons. The summed E-state index contributed by atoms with van der Waals surface area (Å²) < 4.78 is 0. The van der Waals surface area contributed by atoms with E-state index in [1.165, 1.54) is 12.3 Å². The van der Waals surface area contributed by atoms with E-state index in [1.54, 1.807) is 0 Å². The smallest absolute Gasteiger partial charge is 0.405 e. The van der Waals surface area contributed by atoms with Gasteiger partial charge in [-0.1, -0.05) is 6.92 Å². The Hall–Kier alpha value is -2.22. The lowest BCUT2D eigenvalue weighted by atomic mass is 9.79. The number of nitrogens with zero attached hydrogens (tertiary/aromatic N) is 2. The second-order valence-electron chi connectivity index (χ2n) is 5.10. The third-order valence-electron chi connectivity index (χ3n) is 3.48. The summed E-state index contributed by atoms with van der Waals surface area (Å²) in [7, 11) is 0. The van der Waals surface area contributed by atoms with Crippen LogP contribution in [0.1, 0.15) is 18.9 Å². The Morgan fingerprint density at radius 1 is 1.70 bits per heavy atom. The van der Waals surface area contributed by atoms with E-state index >= 15 is 0 Å². The lowest BCUT2D eigenvalue weighted by Crippen LogP contribution is -2.57. The van der Waals surface area contributed by atoms with Crippen LogP contribution in [0, 0.1) is 16.0 Å². The van der Waals surface area contributed by atoms with Gasteiger partial charge in [0.15, 0.2) is 0 Å². The van der Waals surface area contributed by atoms with E-state index in [0.29, 0.717) is 18.5 Å². The zero-order chi connectivity index (χ0) is 14.8. The first-order valence-electron chi connectivity index (χ1n) is 6.25. The molecule has 0 spiro atoms. The summed E-state index contributed by atoms with van der Waals surface area (Å²) in [6, 6.07) is 1.51. The van der Waals surface area contributed by atoms with Crippen LogP contribution in [0.5, 0.6) is 0 Å². The fourth-order valence-corrected chi connectivity index (χ4v) is 2.78. The number of carboxylic acid groups (broad SMARTS) is 1. The molecule has 0 saturated carbocycles. The maximum Gasteiger partial charge on any atom is 0.405 e. The van der Waals surface area contributed by atoms with Crippen molar-refractivity contribution in [1.29, 1.82) is 0 Å². The van der Waals surface area contributed by atoms with Crippen molar-refractivity contribution in [1.82, 2.24) is 15.6 Å². The molecule has 0 bridgehead atoms. The molecule has 0 unspecified atom stereocenters. The summed E-state index contributed by atoms with van der Waals surface area (Å²) in [5, 5.41) is 25.8. The Morgan fingerprint density at radius 3 is 3.05 bits per heavy atom. The predicted octanol–water partition coefficient (Wildman–Crippen LogP) is 1.08. The van der Waals surface area contributed by atoms with E-state index in [9.17, 15) is 14.9 Å². The molecule has 2 atom stereocenters. The summed E-state index contributed by atoms with van der Waals surface area (Å²) in [4.78, 5) is 25.5. The minimum absolute atomic E-state index is 0.169. The maximum atomic E-state index is 11.1. The van der Waals surface area contributed by atoms with E-state index in [4.69, 9.17) is 5.11 Å². The number of nitrogens with one attached hydrogen (secondary N) is 2. The summed E-state index contributed by atoms with van der Waals surface area (Å²) in [5.41, 5.74) is -0.828. The highest BCUT2D eigenvalue weighted by Crippen LogP contribution is 2.35. The lowest BCUT2D eigenvalue weighted by molar-refractivity contribution is -0.386. The van der Waals surface area contributed by atoms with Crippen LogP contribution in [0.2, 0.25) is 0 Å². The fraction of sp³-hybridized carbons (Fsp3) is 0.500. The summed E-state index contributed by atoms with van der Waals surface area (Å²) in [5.74, 6) is 0.198. The van der Waals surface area contributed by atoms with Crippen LogP contribution in [-0.2, 0) is 5.54 Å². The van der Waals surface area contributed by atoms with Crippen molar-refractivity contribution in [3.8, 4) is 0 Å². The molecule has 1 amide bonds. The Balaban J connectivity index is 2.51. The van der Waals surface area contributed by atoms with E-state index in [-0.39, 0.29) is 11.6 Å². The topological polar surface area (TPSA) is 117 Å². The Labute approximate surface area is 115 Å². The minimum atomic E-state index is -1.20. The van der Waals surface area contributed by atoms with Crippen LogP contribution >= 0.6 is 0 Å². The predicted molar refractivity (Wildman–Crippen MR) is 70.4 cm³/mol. The maximum absolute atomic E-state index is 11.1. The molecule has 1 aliphatic rings. The molecule has 1 aromatic heterocycles. The van der Waals surface area contributed by atoms with Crippen LogP contribution < -0.4 is 10.6 Å². The molecule has 0 aliphatic carbocycles. The number of rotatable bonds is 3. The van der Waals surface area contributed by atoms with Gasteiger partial charge in [-0.2, -0.15) is 0 Å². The zero-order valence-electron chi connectivity index (χ0n) is 11.0. The van der Waals surface area contributed by atoms with Gasteiger partial charge in [0.25, 0.3) is 5.69 Å². The van der Waals surface area contributed by atoms with Gasteiger partial charge in [0.1, 0.15) is 6.20 Å². The van der Waals surface area contributed by atoms with Crippen molar-refractivity contribution < 1.29 is 14.8 Å². The summed E-state index contributed by atoms with van der Waals surface area (Å²) in [6.45, 7) is 3.04. The van der Waals surface area contributed by atoms with Crippen LogP contribution in [-0.4, -0.2) is 34.2 Å². The van der Waals surface area contributed by atoms with E-state index in [2.05, 4.69) is 15.6 Å². The van der Waals surface area contributed by atoms with Crippen molar-refractivity contribution in [3.63, 3.8) is 0 Å². The molecule has 1 fully saturated rings. The van der Waals surface area contributed by atoms with Gasteiger partial charge in [0.2, 0.25) is 0 Å². The first-order valence-corrected chi connectivity index (χ1v) is 6.25. The molecule has 2 heterocycles. The molecule has 1 saturated heterocycles. The number of carbonyl (C=O) groups is 1. The quantitative estimate of drug-likeness (QED) is 0.563. The monoisotopic (exact) mass is 280 g/mol. The fourth-order valence-electron chi connectivity index (χ4n) is 2.78. The first-order chi connectivity index (χ1) is 9.44. The normalized spacial score (nSPS) is 25.9. The largest absolute Gasteiger partial charge is 0.465 e. The lowest BCUT2D eigenvalue weighted by Gasteiger charge is -2.40. The van der Waals surface area contributed by atoms with Gasteiger partial charge in [-0.25, -0.2) is 4.79 Å². The minimum Gasteiger partial charge on any atom is -0.465 e. The standard InChI is InChI=1S/C12H16N4O4/c1-8-4-12(7-14-5-8,15-11(17)18)9-2-3-13-6-10(9)16(19)20/h2-3,6,8,14-15H,4-5,7H2,1H3,(H,17,18)/t8-,12-/m1/s1. The molecular formula is C12H16N4O4. The van der Waals surface area contributed by atoms with E-state index < -0.39 is 16.6 Å². The second kappa shape index (κ2) is 5.41. The van der Waals surface area contributed by atoms with Gasteiger partial charge in [-0.3, -0.25) is 15.1 Å². The Bertz CT molecular complexity index is 536. The number of pyridine rings is 1. The number of hydrogen-bond acceptors (Lipinski definition) is 5. The van der Waals surface area contributed by atoms with Gasteiger partial charge in [-0.05, 0) is 24.9 Å². The van der Waals surface area contributed by atoms with Crippen molar-refractivity contribution in [3.05, 3.63) is 34.1 Å². The van der Waals surface area contributed by atoms with Crippen molar-refractivity contribution in [2.24, 2.45) is 5.92 Å². The van der Waals surface area contributed by atoms with Crippen LogP contribution in [0.25, 0.3) is 0 Å². The molecular weight excluding hydrogens is 264 g/mol. The third-order valence-corrected chi connectivity index (χ3v) is 3.48. The Morgan fingerprint density at radius 2 is 2.45 bits per heavy atom. The summed E-state index contributed by atoms with van der Waals surface area (Å²) in [6.07, 6.45) is 1.89. The molecule has 1 aliphatic heterocycles. The van der Waals surface area contributed by atoms with Crippen molar-refractivity contribution >= 4 is 11.8 Å². The molecule has 1 aromatic rings. The average molecular weight is 280 g/mol. The first kappa shape index (κ1) is 14.2. The van der Waals surface area contributed by atoms with Crippen LogP contribution in [0.4, 0.5) is 10.5 Å². The number of aromatic nitrogens is 1. The highest BCUT2D eigenvalue weighted by atomic mass is 16.6. The third kappa shape index (κ3) is 2.69. The molecule has 3 N–H and O–H groups in total. The number of hydrogen-bond donors (Lipinski definition) is 3. The summed E-state index contributed by atoms with van der Waals surface area (Å²) >= 11 is 0. The molecule has 8 heteroatoms. The van der Waals surface area contributed by atoms with Crippen LogP contribution in [0.15, 0.2) is 18.5 Å². The number of amides is 1.